The van der Waals surface area contributed by atoms with Gasteiger partial charge < -0.3 is 9.84 Å². The molecule has 88 valence electrons. The summed E-state index contributed by atoms with van der Waals surface area (Å²) < 4.78 is 29.9. The van der Waals surface area contributed by atoms with Crippen LogP contribution in [0.3, 0.4) is 0 Å². The molecule has 1 aromatic rings. The Labute approximate surface area is 90.9 Å². The van der Waals surface area contributed by atoms with Gasteiger partial charge in [0.15, 0.2) is 0 Å². The van der Waals surface area contributed by atoms with E-state index in [-0.39, 0.29) is 23.4 Å². The molecule has 6 heteroatoms. The Bertz CT molecular complexity index is 407. The summed E-state index contributed by atoms with van der Waals surface area (Å²) in [6.07, 6.45) is -3.07. The van der Waals surface area contributed by atoms with Crippen molar-refractivity contribution in [3.8, 4) is 5.88 Å². The van der Waals surface area contributed by atoms with Crippen molar-refractivity contribution >= 4 is 5.97 Å². The summed E-state index contributed by atoms with van der Waals surface area (Å²) in [7, 11) is 1.24. The van der Waals surface area contributed by atoms with Crippen LogP contribution in [0.2, 0.25) is 0 Å². The standard InChI is InChI=1S/C10H11F2NO3/c1-5-6(4-8(14)15)3-7(9(11)12)10(13-5)16-2/h3,9H,4H2,1-2H3,(H,14,15). The maximum atomic E-state index is 12.6. The summed E-state index contributed by atoms with van der Waals surface area (Å²) in [6.45, 7) is 1.55. The predicted molar refractivity (Wildman–Crippen MR) is 51.8 cm³/mol. The van der Waals surface area contributed by atoms with Crippen LogP contribution in [0.5, 0.6) is 5.88 Å². The number of alkyl halides is 2. The van der Waals surface area contributed by atoms with Crippen LogP contribution in [0.15, 0.2) is 6.07 Å². The first-order valence-corrected chi connectivity index (χ1v) is 4.50. The van der Waals surface area contributed by atoms with Crippen LogP contribution in [0.1, 0.15) is 23.2 Å². The molecule has 0 amide bonds. The minimum atomic E-state index is -2.74. The zero-order valence-corrected chi connectivity index (χ0v) is 8.83. The molecule has 16 heavy (non-hydrogen) atoms. The fourth-order valence-corrected chi connectivity index (χ4v) is 1.30. The number of nitrogens with zero attached hydrogens (tertiary/aromatic N) is 1. The lowest BCUT2D eigenvalue weighted by Crippen LogP contribution is -2.06. The third kappa shape index (κ3) is 2.65. The number of carbonyl (C=O) groups is 1. The molecule has 0 spiro atoms. The highest BCUT2D eigenvalue weighted by atomic mass is 19.3. The van der Waals surface area contributed by atoms with E-state index in [4.69, 9.17) is 9.84 Å². The van der Waals surface area contributed by atoms with Gasteiger partial charge in [0.2, 0.25) is 5.88 Å². The van der Waals surface area contributed by atoms with Crippen molar-refractivity contribution < 1.29 is 23.4 Å². The maximum absolute atomic E-state index is 12.6. The lowest BCUT2D eigenvalue weighted by atomic mass is 10.1. The summed E-state index contributed by atoms with van der Waals surface area (Å²) in [4.78, 5) is 14.3. The van der Waals surface area contributed by atoms with Crippen molar-refractivity contribution in [3.05, 3.63) is 22.9 Å². The van der Waals surface area contributed by atoms with E-state index in [0.29, 0.717) is 5.69 Å². The molecule has 1 rings (SSSR count). The van der Waals surface area contributed by atoms with E-state index < -0.39 is 12.4 Å². The highest BCUT2D eigenvalue weighted by Crippen LogP contribution is 2.29. The van der Waals surface area contributed by atoms with Gasteiger partial charge in [0.05, 0.1) is 19.1 Å². The lowest BCUT2D eigenvalue weighted by Gasteiger charge is -2.10. The summed E-state index contributed by atoms with van der Waals surface area (Å²) in [5.41, 5.74) is 0.261. The molecule has 4 nitrogen and oxygen atoms in total. The fourth-order valence-electron chi connectivity index (χ4n) is 1.30. The van der Waals surface area contributed by atoms with Gasteiger partial charge in [-0.05, 0) is 18.6 Å². The molecular weight excluding hydrogens is 220 g/mol. The largest absolute Gasteiger partial charge is 0.481 e. The summed E-state index contributed by atoms with van der Waals surface area (Å²) in [5, 5.41) is 8.60. The summed E-state index contributed by atoms with van der Waals surface area (Å²) >= 11 is 0. The zero-order chi connectivity index (χ0) is 12.3. The highest BCUT2D eigenvalue weighted by molar-refractivity contribution is 5.70. The average molecular weight is 231 g/mol. The quantitative estimate of drug-likeness (QED) is 0.860. The first kappa shape index (κ1) is 12.4. The van der Waals surface area contributed by atoms with Gasteiger partial charge in [-0.1, -0.05) is 0 Å². The van der Waals surface area contributed by atoms with E-state index in [0.717, 1.165) is 6.07 Å². The van der Waals surface area contributed by atoms with Crippen molar-refractivity contribution in [1.82, 2.24) is 4.98 Å². The van der Waals surface area contributed by atoms with Gasteiger partial charge in [0.25, 0.3) is 6.43 Å². The van der Waals surface area contributed by atoms with Crippen molar-refractivity contribution in [2.75, 3.05) is 7.11 Å². The first-order chi connectivity index (χ1) is 7.45. The van der Waals surface area contributed by atoms with Crippen LogP contribution in [0.4, 0.5) is 8.78 Å². The molecule has 0 saturated carbocycles. The molecule has 0 bridgehead atoms. The van der Waals surface area contributed by atoms with Gasteiger partial charge in [0.1, 0.15) is 0 Å². The summed E-state index contributed by atoms with van der Waals surface area (Å²) in [5.74, 6) is -1.25. The lowest BCUT2D eigenvalue weighted by molar-refractivity contribution is -0.136. The van der Waals surface area contributed by atoms with Crippen LogP contribution in [-0.2, 0) is 11.2 Å². The molecule has 0 aromatic carbocycles. The number of aromatic nitrogens is 1. The zero-order valence-electron chi connectivity index (χ0n) is 8.83. The Morgan fingerprint density at radius 2 is 2.25 bits per heavy atom. The number of halogens is 2. The smallest absolute Gasteiger partial charge is 0.307 e. The molecule has 0 fully saturated rings. The van der Waals surface area contributed by atoms with Gasteiger partial charge in [-0.25, -0.2) is 13.8 Å². The van der Waals surface area contributed by atoms with Crippen LogP contribution in [0, 0.1) is 6.92 Å². The van der Waals surface area contributed by atoms with E-state index in [1.807, 2.05) is 0 Å². The molecule has 1 aromatic heterocycles. The molecule has 1 heterocycles. The summed E-state index contributed by atoms with van der Waals surface area (Å²) in [6, 6.07) is 1.12. The van der Waals surface area contributed by atoms with Crippen molar-refractivity contribution in [3.63, 3.8) is 0 Å². The Kier molecular flexibility index (Phi) is 3.76. The molecule has 0 unspecified atom stereocenters. The minimum Gasteiger partial charge on any atom is -0.481 e. The first-order valence-electron chi connectivity index (χ1n) is 4.50. The average Bonchev–Trinajstić information content (AvgIpc) is 2.19. The Morgan fingerprint density at radius 1 is 1.62 bits per heavy atom. The second kappa shape index (κ2) is 4.87. The third-order valence-electron chi connectivity index (χ3n) is 2.08. The fraction of sp³-hybridized carbons (Fsp3) is 0.400. The number of carboxylic acids is 1. The molecular formula is C10H11F2NO3. The molecule has 0 aliphatic heterocycles. The Balaban J connectivity index is 3.21. The maximum Gasteiger partial charge on any atom is 0.307 e. The van der Waals surface area contributed by atoms with Crippen molar-refractivity contribution in [2.45, 2.75) is 19.8 Å². The van der Waals surface area contributed by atoms with Crippen LogP contribution in [-0.4, -0.2) is 23.2 Å². The number of carboxylic acid groups (broad SMARTS) is 1. The third-order valence-corrected chi connectivity index (χ3v) is 2.08. The monoisotopic (exact) mass is 231 g/mol. The van der Waals surface area contributed by atoms with E-state index in [2.05, 4.69) is 4.98 Å². The minimum absolute atomic E-state index is 0.165. The molecule has 0 atom stereocenters. The van der Waals surface area contributed by atoms with E-state index in [1.165, 1.54) is 7.11 Å². The molecule has 1 N–H and O–H groups in total. The van der Waals surface area contributed by atoms with Crippen LogP contribution in [0.25, 0.3) is 0 Å². The number of hydrogen-bond donors (Lipinski definition) is 1. The number of aliphatic carboxylic acids is 1. The van der Waals surface area contributed by atoms with Gasteiger partial charge >= 0.3 is 5.97 Å². The van der Waals surface area contributed by atoms with E-state index in [1.54, 1.807) is 6.92 Å². The van der Waals surface area contributed by atoms with Crippen molar-refractivity contribution in [1.29, 1.82) is 0 Å². The number of aryl methyl sites for hydroxylation is 1. The van der Waals surface area contributed by atoms with Gasteiger partial charge in [-0.3, -0.25) is 4.79 Å². The highest BCUT2D eigenvalue weighted by Gasteiger charge is 2.18. The molecule has 0 radical (unpaired) electrons. The Hall–Kier alpha value is -1.72. The Morgan fingerprint density at radius 3 is 2.69 bits per heavy atom. The topological polar surface area (TPSA) is 59.4 Å². The van der Waals surface area contributed by atoms with Gasteiger partial charge in [-0.15, -0.1) is 0 Å². The molecule has 0 aliphatic carbocycles. The van der Waals surface area contributed by atoms with Crippen LogP contribution < -0.4 is 4.74 Å². The number of methoxy groups -OCH3 is 1. The van der Waals surface area contributed by atoms with Gasteiger partial charge in [0, 0.05) is 5.69 Å². The predicted octanol–water partition coefficient (Wildman–Crippen LogP) is 1.96. The van der Waals surface area contributed by atoms with Crippen LogP contribution >= 0.6 is 0 Å². The number of pyridine rings is 1. The second-order valence-electron chi connectivity index (χ2n) is 3.20. The number of rotatable bonds is 4. The normalized spacial score (nSPS) is 10.6. The molecule has 0 aliphatic rings. The number of hydrogen-bond acceptors (Lipinski definition) is 3. The second-order valence-corrected chi connectivity index (χ2v) is 3.20. The van der Waals surface area contributed by atoms with Gasteiger partial charge in [-0.2, -0.15) is 0 Å². The SMILES string of the molecule is COc1nc(C)c(CC(=O)O)cc1C(F)F. The van der Waals surface area contributed by atoms with Crippen molar-refractivity contribution in [2.24, 2.45) is 0 Å². The molecule has 0 saturated heterocycles. The van der Waals surface area contributed by atoms with E-state index in [9.17, 15) is 13.6 Å². The van der Waals surface area contributed by atoms with E-state index >= 15 is 0 Å². The number of ether oxygens (including phenoxy) is 1.